The molecule has 2 rings (SSSR count). The summed E-state index contributed by atoms with van der Waals surface area (Å²) in [7, 11) is 0. The summed E-state index contributed by atoms with van der Waals surface area (Å²) in [5, 5.41) is 13.1. The quantitative estimate of drug-likeness (QED) is 0.852. The van der Waals surface area contributed by atoms with E-state index in [2.05, 4.69) is 17.0 Å². The van der Waals surface area contributed by atoms with Crippen molar-refractivity contribution in [1.82, 2.24) is 14.6 Å². The zero-order chi connectivity index (χ0) is 11.7. The van der Waals surface area contributed by atoms with Crippen molar-refractivity contribution >= 4 is 11.6 Å². The molecule has 0 amide bonds. The van der Waals surface area contributed by atoms with Crippen molar-refractivity contribution in [3.8, 4) is 0 Å². The fraction of sp³-hybridized carbons (Fsp3) is 0.364. The maximum Gasteiger partial charge on any atom is 0.341 e. The highest BCUT2D eigenvalue weighted by atomic mass is 16.4. The van der Waals surface area contributed by atoms with Crippen LogP contribution < -0.4 is 0 Å². The average Bonchev–Trinajstić information content (AvgIpc) is 2.61. The molecule has 0 aromatic carbocycles. The van der Waals surface area contributed by atoms with Crippen LogP contribution in [0.1, 0.15) is 35.1 Å². The molecule has 5 heteroatoms. The molecule has 0 aliphatic carbocycles. The van der Waals surface area contributed by atoms with Crippen molar-refractivity contribution < 1.29 is 9.90 Å². The SMILES string of the molecule is CCCc1cc(C)nc2c(C(=O)O)cnn12. The minimum absolute atomic E-state index is 0.154. The third-order valence-corrected chi connectivity index (χ3v) is 2.41. The number of fused-ring (bicyclic) bond motifs is 1. The largest absolute Gasteiger partial charge is 0.477 e. The fourth-order valence-corrected chi connectivity index (χ4v) is 1.75. The van der Waals surface area contributed by atoms with Gasteiger partial charge in [-0.05, 0) is 19.4 Å². The van der Waals surface area contributed by atoms with Gasteiger partial charge in [0.1, 0.15) is 5.56 Å². The number of nitrogens with zero attached hydrogens (tertiary/aromatic N) is 3. The Morgan fingerprint density at radius 2 is 2.31 bits per heavy atom. The molecule has 1 N–H and O–H groups in total. The van der Waals surface area contributed by atoms with Crippen LogP contribution in [-0.4, -0.2) is 25.7 Å². The highest BCUT2D eigenvalue weighted by Crippen LogP contribution is 2.13. The van der Waals surface area contributed by atoms with E-state index >= 15 is 0 Å². The number of hydrogen-bond acceptors (Lipinski definition) is 3. The number of aryl methyl sites for hydroxylation is 2. The Bertz CT molecular complexity index is 545. The van der Waals surface area contributed by atoms with Crippen LogP contribution >= 0.6 is 0 Å². The summed E-state index contributed by atoms with van der Waals surface area (Å²) >= 11 is 0. The number of aromatic nitrogens is 3. The molecule has 84 valence electrons. The van der Waals surface area contributed by atoms with Crippen LogP contribution in [0.4, 0.5) is 0 Å². The molecule has 0 radical (unpaired) electrons. The summed E-state index contributed by atoms with van der Waals surface area (Å²) in [6, 6.07) is 1.94. The van der Waals surface area contributed by atoms with E-state index in [-0.39, 0.29) is 5.56 Å². The molecule has 0 unspecified atom stereocenters. The van der Waals surface area contributed by atoms with Gasteiger partial charge in [-0.15, -0.1) is 0 Å². The monoisotopic (exact) mass is 219 g/mol. The molecule has 0 spiro atoms. The number of rotatable bonds is 3. The summed E-state index contributed by atoms with van der Waals surface area (Å²) in [6.07, 6.45) is 3.20. The zero-order valence-electron chi connectivity index (χ0n) is 9.27. The van der Waals surface area contributed by atoms with E-state index in [0.717, 1.165) is 24.2 Å². The van der Waals surface area contributed by atoms with Gasteiger partial charge in [0.2, 0.25) is 0 Å². The van der Waals surface area contributed by atoms with Crippen LogP contribution in [-0.2, 0) is 6.42 Å². The van der Waals surface area contributed by atoms with Crippen LogP contribution in [0, 0.1) is 6.92 Å². The van der Waals surface area contributed by atoms with E-state index < -0.39 is 5.97 Å². The summed E-state index contributed by atoms with van der Waals surface area (Å²) in [6.45, 7) is 3.93. The number of carboxylic acids is 1. The lowest BCUT2D eigenvalue weighted by Gasteiger charge is -2.04. The van der Waals surface area contributed by atoms with Crippen LogP contribution in [0.5, 0.6) is 0 Å². The van der Waals surface area contributed by atoms with Crippen LogP contribution in [0.2, 0.25) is 0 Å². The molecule has 0 aliphatic heterocycles. The van der Waals surface area contributed by atoms with E-state index in [9.17, 15) is 4.79 Å². The van der Waals surface area contributed by atoms with Gasteiger partial charge >= 0.3 is 5.97 Å². The zero-order valence-corrected chi connectivity index (χ0v) is 9.27. The molecule has 2 heterocycles. The molecule has 0 aliphatic rings. The molecule has 2 aromatic heterocycles. The predicted molar refractivity (Wildman–Crippen MR) is 58.7 cm³/mol. The minimum atomic E-state index is -0.990. The van der Waals surface area contributed by atoms with E-state index in [1.165, 1.54) is 6.20 Å². The Kier molecular flexibility index (Phi) is 2.60. The molecular formula is C11H13N3O2. The standard InChI is InChI=1S/C11H13N3O2/c1-3-4-8-5-7(2)13-10-9(11(15)16)6-12-14(8)10/h5-6H,3-4H2,1-2H3,(H,15,16). The van der Waals surface area contributed by atoms with Gasteiger partial charge < -0.3 is 5.11 Å². The van der Waals surface area contributed by atoms with Gasteiger partial charge in [0.25, 0.3) is 0 Å². The van der Waals surface area contributed by atoms with Gasteiger partial charge in [0, 0.05) is 11.4 Å². The Balaban J connectivity index is 2.70. The van der Waals surface area contributed by atoms with E-state index in [1.807, 2.05) is 13.0 Å². The van der Waals surface area contributed by atoms with Crippen LogP contribution in [0.25, 0.3) is 5.65 Å². The molecule has 0 fully saturated rings. The lowest BCUT2D eigenvalue weighted by Crippen LogP contribution is -2.04. The molecule has 0 saturated carbocycles. The first kappa shape index (κ1) is 10.6. The molecule has 0 bridgehead atoms. The van der Waals surface area contributed by atoms with Crippen molar-refractivity contribution in [3.05, 3.63) is 29.2 Å². The molecule has 16 heavy (non-hydrogen) atoms. The summed E-state index contributed by atoms with van der Waals surface area (Å²) < 4.78 is 1.61. The first-order chi connectivity index (χ1) is 7.63. The third-order valence-electron chi connectivity index (χ3n) is 2.41. The first-order valence-corrected chi connectivity index (χ1v) is 5.21. The second-order valence-electron chi connectivity index (χ2n) is 3.74. The molecular weight excluding hydrogens is 206 g/mol. The number of carboxylic acid groups (broad SMARTS) is 1. The van der Waals surface area contributed by atoms with E-state index in [1.54, 1.807) is 4.52 Å². The second kappa shape index (κ2) is 3.92. The Labute approximate surface area is 92.7 Å². The number of hydrogen-bond donors (Lipinski definition) is 1. The fourth-order valence-electron chi connectivity index (χ4n) is 1.75. The van der Waals surface area contributed by atoms with Gasteiger partial charge in [-0.1, -0.05) is 13.3 Å². The van der Waals surface area contributed by atoms with Crippen LogP contribution in [0.15, 0.2) is 12.3 Å². The number of carbonyl (C=O) groups is 1. The van der Waals surface area contributed by atoms with Crippen molar-refractivity contribution in [1.29, 1.82) is 0 Å². The maximum absolute atomic E-state index is 11.0. The summed E-state index contributed by atoms with van der Waals surface area (Å²) in [5.74, 6) is -0.990. The summed E-state index contributed by atoms with van der Waals surface area (Å²) in [4.78, 5) is 15.2. The van der Waals surface area contributed by atoms with Gasteiger partial charge in [-0.3, -0.25) is 0 Å². The van der Waals surface area contributed by atoms with E-state index in [4.69, 9.17) is 5.11 Å². The van der Waals surface area contributed by atoms with Crippen LogP contribution in [0.3, 0.4) is 0 Å². The van der Waals surface area contributed by atoms with Gasteiger partial charge in [-0.2, -0.15) is 5.10 Å². The Morgan fingerprint density at radius 1 is 1.56 bits per heavy atom. The highest BCUT2D eigenvalue weighted by Gasteiger charge is 2.14. The number of aromatic carboxylic acids is 1. The molecule has 5 nitrogen and oxygen atoms in total. The summed E-state index contributed by atoms with van der Waals surface area (Å²) in [5.41, 5.74) is 2.40. The normalized spacial score (nSPS) is 10.9. The topological polar surface area (TPSA) is 67.5 Å². The van der Waals surface area contributed by atoms with Gasteiger partial charge in [0.05, 0.1) is 6.20 Å². The molecule has 0 atom stereocenters. The van der Waals surface area contributed by atoms with Crippen molar-refractivity contribution in [2.24, 2.45) is 0 Å². The van der Waals surface area contributed by atoms with E-state index in [0.29, 0.717) is 5.65 Å². The molecule has 0 saturated heterocycles. The minimum Gasteiger partial charge on any atom is -0.477 e. The first-order valence-electron chi connectivity index (χ1n) is 5.21. The Hall–Kier alpha value is -1.91. The molecule has 2 aromatic rings. The van der Waals surface area contributed by atoms with Crippen molar-refractivity contribution in [3.63, 3.8) is 0 Å². The maximum atomic E-state index is 11.0. The predicted octanol–water partition coefficient (Wildman–Crippen LogP) is 1.69. The Morgan fingerprint density at radius 3 is 2.94 bits per heavy atom. The van der Waals surface area contributed by atoms with Crippen molar-refractivity contribution in [2.75, 3.05) is 0 Å². The second-order valence-corrected chi connectivity index (χ2v) is 3.74. The smallest absolute Gasteiger partial charge is 0.341 e. The third kappa shape index (κ3) is 1.64. The average molecular weight is 219 g/mol. The lowest BCUT2D eigenvalue weighted by atomic mass is 10.2. The lowest BCUT2D eigenvalue weighted by molar-refractivity contribution is 0.0699. The van der Waals surface area contributed by atoms with Crippen molar-refractivity contribution in [2.45, 2.75) is 26.7 Å². The highest BCUT2D eigenvalue weighted by molar-refractivity contribution is 5.94. The van der Waals surface area contributed by atoms with Gasteiger partial charge in [-0.25, -0.2) is 14.3 Å². The van der Waals surface area contributed by atoms with Gasteiger partial charge in [0.15, 0.2) is 5.65 Å².